The first-order valence-corrected chi connectivity index (χ1v) is 10.9. The van der Waals surface area contributed by atoms with Crippen molar-refractivity contribution in [1.29, 1.82) is 0 Å². The standard InChI is InChI=1S/C24H31N5O/c1-17(2)15-29-16-20(23-14-25-28(3)27-23)13-22(24(29)30)26-21-11-9-19(10-12-21)18-7-5-4-6-8-18/h4-8,13-14,16-17,19,21,26H,9-12,15H2,1-3H3. The van der Waals surface area contributed by atoms with Crippen LogP contribution in [-0.4, -0.2) is 25.6 Å². The number of benzene rings is 1. The fourth-order valence-corrected chi connectivity index (χ4v) is 4.40. The predicted octanol–water partition coefficient (Wildman–Crippen LogP) is 4.44. The lowest BCUT2D eigenvalue weighted by atomic mass is 9.82. The summed E-state index contributed by atoms with van der Waals surface area (Å²) < 4.78 is 1.81. The van der Waals surface area contributed by atoms with Crippen LogP contribution in [0.2, 0.25) is 0 Å². The van der Waals surface area contributed by atoms with Crippen LogP contribution in [0.4, 0.5) is 5.69 Å². The third kappa shape index (κ3) is 4.64. The molecule has 6 heteroatoms. The Balaban J connectivity index is 1.54. The van der Waals surface area contributed by atoms with Crippen LogP contribution in [0.25, 0.3) is 11.3 Å². The molecule has 0 bridgehead atoms. The van der Waals surface area contributed by atoms with Crippen molar-refractivity contribution in [2.24, 2.45) is 13.0 Å². The van der Waals surface area contributed by atoms with E-state index < -0.39 is 0 Å². The van der Waals surface area contributed by atoms with Gasteiger partial charge >= 0.3 is 0 Å². The number of rotatable bonds is 6. The van der Waals surface area contributed by atoms with Crippen LogP contribution in [0, 0.1) is 5.92 Å². The maximum absolute atomic E-state index is 13.1. The van der Waals surface area contributed by atoms with E-state index in [0.717, 1.165) is 36.9 Å². The Bertz CT molecular complexity index is 1030. The van der Waals surface area contributed by atoms with E-state index in [2.05, 4.69) is 59.7 Å². The van der Waals surface area contributed by atoms with Gasteiger partial charge in [-0.1, -0.05) is 44.2 Å². The largest absolute Gasteiger partial charge is 0.378 e. The van der Waals surface area contributed by atoms with Gasteiger partial charge in [0.1, 0.15) is 11.4 Å². The molecule has 0 radical (unpaired) electrons. The molecule has 30 heavy (non-hydrogen) atoms. The Morgan fingerprint density at radius 1 is 1.13 bits per heavy atom. The van der Waals surface area contributed by atoms with E-state index >= 15 is 0 Å². The molecule has 0 amide bonds. The summed E-state index contributed by atoms with van der Waals surface area (Å²) >= 11 is 0. The Morgan fingerprint density at radius 3 is 2.50 bits per heavy atom. The summed E-state index contributed by atoms with van der Waals surface area (Å²) in [6, 6.07) is 13.0. The van der Waals surface area contributed by atoms with Gasteiger partial charge in [0.2, 0.25) is 0 Å². The lowest BCUT2D eigenvalue weighted by Gasteiger charge is -2.30. The average Bonchev–Trinajstić information content (AvgIpc) is 3.18. The van der Waals surface area contributed by atoms with Gasteiger partial charge in [-0.15, -0.1) is 0 Å². The van der Waals surface area contributed by atoms with E-state index in [-0.39, 0.29) is 5.56 Å². The molecule has 1 N–H and O–H groups in total. The molecule has 6 nitrogen and oxygen atoms in total. The zero-order chi connectivity index (χ0) is 21.1. The van der Waals surface area contributed by atoms with Crippen LogP contribution in [0.1, 0.15) is 51.0 Å². The van der Waals surface area contributed by atoms with Crippen molar-refractivity contribution in [2.45, 2.75) is 58.0 Å². The Morgan fingerprint density at radius 2 is 1.87 bits per heavy atom. The van der Waals surface area contributed by atoms with Crippen LogP contribution < -0.4 is 10.9 Å². The minimum atomic E-state index is 0.0431. The van der Waals surface area contributed by atoms with E-state index in [4.69, 9.17) is 0 Å². The SMILES string of the molecule is CC(C)Cn1cc(-c2cnn(C)n2)cc(NC2CCC(c3ccccc3)CC2)c1=O. The van der Waals surface area contributed by atoms with E-state index in [1.165, 1.54) is 5.56 Å². The molecule has 2 aromatic heterocycles. The molecule has 3 aromatic rings. The zero-order valence-corrected chi connectivity index (χ0v) is 18.1. The van der Waals surface area contributed by atoms with Gasteiger partial charge in [0.15, 0.2) is 0 Å². The van der Waals surface area contributed by atoms with E-state index in [1.807, 2.05) is 16.8 Å². The Hall–Kier alpha value is -2.89. The number of aromatic nitrogens is 4. The van der Waals surface area contributed by atoms with Gasteiger partial charge in [-0.05, 0) is 49.1 Å². The highest BCUT2D eigenvalue weighted by Gasteiger charge is 2.23. The monoisotopic (exact) mass is 405 g/mol. The number of hydrogen-bond acceptors (Lipinski definition) is 4. The van der Waals surface area contributed by atoms with Crippen molar-refractivity contribution < 1.29 is 0 Å². The normalized spacial score (nSPS) is 19.2. The Labute approximate surface area is 177 Å². The van der Waals surface area contributed by atoms with Gasteiger partial charge in [0.25, 0.3) is 5.56 Å². The molecule has 0 spiro atoms. The first kappa shape index (κ1) is 20.4. The first-order chi connectivity index (χ1) is 14.5. The average molecular weight is 406 g/mol. The quantitative estimate of drug-likeness (QED) is 0.659. The molecule has 2 heterocycles. The number of hydrogen-bond donors (Lipinski definition) is 1. The molecule has 0 unspecified atom stereocenters. The summed E-state index contributed by atoms with van der Waals surface area (Å²) in [6.07, 6.45) is 8.08. The van der Waals surface area contributed by atoms with Crippen LogP contribution in [0.15, 0.2) is 53.6 Å². The minimum absolute atomic E-state index is 0.0431. The summed E-state index contributed by atoms with van der Waals surface area (Å²) in [5.74, 6) is 1.00. The number of nitrogens with one attached hydrogen (secondary N) is 1. The smallest absolute Gasteiger partial charge is 0.273 e. The topological polar surface area (TPSA) is 64.7 Å². The van der Waals surface area contributed by atoms with E-state index in [0.29, 0.717) is 30.1 Å². The highest BCUT2D eigenvalue weighted by Crippen LogP contribution is 2.33. The van der Waals surface area contributed by atoms with E-state index in [1.54, 1.807) is 18.0 Å². The summed E-state index contributed by atoms with van der Waals surface area (Å²) in [7, 11) is 1.80. The summed E-state index contributed by atoms with van der Waals surface area (Å²) in [4.78, 5) is 14.7. The third-order valence-corrected chi connectivity index (χ3v) is 5.90. The molecule has 1 fully saturated rings. The molecule has 4 rings (SSSR count). The van der Waals surface area contributed by atoms with Crippen molar-refractivity contribution in [3.05, 3.63) is 64.7 Å². The number of nitrogens with zero attached hydrogens (tertiary/aromatic N) is 4. The molecule has 1 aliphatic rings. The maximum Gasteiger partial charge on any atom is 0.273 e. The predicted molar refractivity (Wildman–Crippen MR) is 121 cm³/mol. The first-order valence-electron chi connectivity index (χ1n) is 10.9. The molecule has 0 aliphatic heterocycles. The summed E-state index contributed by atoms with van der Waals surface area (Å²) in [5, 5.41) is 12.2. The second-order valence-electron chi connectivity index (χ2n) is 8.82. The second kappa shape index (κ2) is 8.86. The molecule has 0 atom stereocenters. The van der Waals surface area contributed by atoms with Crippen molar-refractivity contribution in [3.63, 3.8) is 0 Å². The molecule has 1 aromatic carbocycles. The molecule has 0 saturated heterocycles. The molecular weight excluding hydrogens is 374 g/mol. The molecule has 1 saturated carbocycles. The maximum atomic E-state index is 13.1. The van der Waals surface area contributed by atoms with Gasteiger partial charge in [0.05, 0.1) is 6.20 Å². The third-order valence-electron chi connectivity index (χ3n) is 5.90. The number of pyridine rings is 1. The lowest BCUT2D eigenvalue weighted by Crippen LogP contribution is -2.31. The second-order valence-corrected chi connectivity index (χ2v) is 8.82. The molecule has 158 valence electrons. The highest BCUT2D eigenvalue weighted by atomic mass is 16.1. The van der Waals surface area contributed by atoms with Crippen LogP contribution in [0.3, 0.4) is 0 Å². The minimum Gasteiger partial charge on any atom is -0.378 e. The summed E-state index contributed by atoms with van der Waals surface area (Å²) in [5.41, 5.74) is 3.85. The Kier molecular flexibility index (Phi) is 6.02. The van der Waals surface area contributed by atoms with Crippen molar-refractivity contribution >= 4 is 5.69 Å². The van der Waals surface area contributed by atoms with Gasteiger partial charge in [-0.3, -0.25) is 4.79 Å². The fraction of sp³-hybridized carbons (Fsp3) is 0.458. The highest BCUT2D eigenvalue weighted by molar-refractivity contribution is 5.62. The van der Waals surface area contributed by atoms with Crippen molar-refractivity contribution in [3.8, 4) is 11.3 Å². The van der Waals surface area contributed by atoms with Gasteiger partial charge < -0.3 is 9.88 Å². The van der Waals surface area contributed by atoms with Gasteiger partial charge in [-0.25, -0.2) is 0 Å². The molecule has 1 aliphatic carbocycles. The lowest BCUT2D eigenvalue weighted by molar-refractivity contribution is 0.411. The number of aryl methyl sites for hydroxylation is 1. The van der Waals surface area contributed by atoms with Crippen molar-refractivity contribution in [1.82, 2.24) is 19.6 Å². The van der Waals surface area contributed by atoms with Crippen molar-refractivity contribution in [2.75, 3.05) is 5.32 Å². The van der Waals surface area contributed by atoms with Gasteiger partial charge in [-0.2, -0.15) is 15.0 Å². The zero-order valence-electron chi connectivity index (χ0n) is 18.1. The van der Waals surface area contributed by atoms with Gasteiger partial charge in [0, 0.05) is 31.4 Å². The molecular formula is C24H31N5O. The van der Waals surface area contributed by atoms with Crippen LogP contribution in [-0.2, 0) is 13.6 Å². The van der Waals surface area contributed by atoms with Crippen LogP contribution in [0.5, 0.6) is 0 Å². The fourth-order valence-electron chi connectivity index (χ4n) is 4.40. The summed E-state index contributed by atoms with van der Waals surface area (Å²) in [6.45, 7) is 4.93. The number of anilines is 1. The van der Waals surface area contributed by atoms with Crippen LogP contribution >= 0.6 is 0 Å². The van der Waals surface area contributed by atoms with E-state index in [9.17, 15) is 4.79 Å².